The second-order valence-corrected chi connectivity index (χ2v) is 2.95. The third kappa shape index (κ3) is 2.67. The maximum atomic E-state index is 12.7. The van der Waals surface area contributed by atoms with Crippen molar-refractivity contribution < 1.29 is 4.39 Å². The fourth-order valence-electron chi connectivity index (χ4n) is 0.925. The van der Waals surface area contributed by atoms with Crippen LogP contribution in [0.4, 0.5) is 4.39 Å². The number of hydrogen-bond acceptors (Lipinski definition) is 0. The first kappa shape index (κ1) is 9.27. The Balaban J connectivity index is 2.93. The van der Waals surface area contributed by atoms with Gasteiger partial charge in [0.15, 0.2) is 0 Å². The molecule has 0 bridgehead atoms. The smallest absolute Gasteiger partial charge is 0.125 e. The zero-order chi connectivity index (χ0) is 8.97. The lowest BCUT2D eigenvalue weighted by atomic mass is 10.2. The summed E-state index contributed by atoms with van der Waals surface area (Å²) < 4.78 is 12.7. The molecule has 1 rings (SSSR count). The highest BCUT2D eigenvalue weighted by atomic mass is 35.5. The fourth-order valence-corrected chi connectivity index (χ4v) is 1.16. The van der Waals surface area contributed by atoms with Crippen LogP contribution in [0.2, 0.25) is 5.02 Å². The molecule has 64 valence electrons. The van der Waals surface area contributed by atoms with Crippen LogP contribution < -0.4 is 0 Å². The van der Waals surface area contributed by atoms with E-state index in [0.717, 1.165) is 12.0 Å². The maximum absolute atomic E-state index is 12.7. The molecule has 0 saturated heterocycles. The van der Waals surface area contributed by atoms with Crippen LogP contribution in [-0.2, 0) is 0 Å². The number of halogens is 2. The maximum Gasteiger partial charge on any atom is 0.125 e. The Morgan fingerprint density at radius 3 is 2.75 bits per heavy atom. The lowest BCUT2D eigenvalue weighted by Gasteiger charge is -1.95. The van der Waals surface area contributed by atoms with Gasteiger partial charge in [-0.25, -0.2) is 4.39 Å². The van der Waals surface area contributed by atoms with Gasteiger partial charge in [-0.2, -0.15) is 0 Å². The molecule has 1 aromatic carbocycles. The average Bonchev–Trinajstić information content (AvgIpc) is 1.99. The van der Waals surface area contributed by atoms with Crippen molar-refractivity contribution in [1.29, 1.82) is 0 Å². The second-order valence-electron chi connectivity index (χ2n) is 2.51. The highest BCUT2D eigenvalue weighted by Gasteiger charge is 1.94. The fraction of sp³-hybridized carbons (Fsp3) is 0.200. The van der Waals surface area contributed by atoms with E-state index in [-0.39, 0.29) is 5.82 Å². The largest absolute Gasteiger partial charge is 0.207 e. The predicted octanol–water partition coefficient (Wildman–Crippen LogP) is 3.90. The summed E-state index contributed by atoms with van der Waals surface area (Å²) in [5.41, 5.74) is 0.807. The molecule has 0 unspecified atom stereocenters. The molecule has 0 radical (unpaired) electrons. The first-order valence-corrected chi connectivity index (χ1v) is 4.23. The number of benzene rings is 1. The summed E-state index contributed by atoms with van der Waals surface area (Å²) in [7, 11) is 0. The predicted molar refractivity (Wildman–Crippen MR) is 50.7 cm³/mol. The molecule has 0 aliphatic rings. The monoisotopic (exact) mass is 184 g/mol. The lowest BCUT2D eigenvalue weighted by molar-refractivity contribution is 0.627. The van der Waals surface area contributed by atoms with E-state index >= 15 is 0 Å². The van der Waals surface area contributed by atoms with Crippen LogP contribution in [0.3, 0.4) is 0 Å². The molecule has 2 heteroatoms. The Morgan fingerprint density at radius 1 is 1.42 bits per heavy atom. The van der Waals surface area contributed by atoms with Crippen molar-refractivity contribution in [2.45, 2.75) is 13.3 Å². The first-order valence-electron chi connectivity index (χ1n) is 3.85. The third-order valence-corrected chi connectivity index (χ3v) is 1.65. The molecule has 0 amide bonds. The number of hydrogen-bond donors (Lipinski definition) is 0. The molecule has 0 spiro atoms. The second kappa shape index (κ2) is 4.27. The van der Waals surface area contributed by atoms with E-state index in [4.69, 9.17) is 11.6 Å². The summed E-state index contributed by atoms with van der Waals surface area (Å²) in [5, 5.41) is 0.436. The Hall–Kier alpha value is -0.820. The van der Waals surface area contributed by atoms with Crippen LogP contribution in [0.5, 0.6) is 0 Å². The van der Waals surface area contributed by atoms with Gasteiger partial charge < -0.3 is 0 Å². The van der Waals surface area contributed by atoms with E-state index < -0.39 is 0 Å². The lowest BCUT2D eigenvalue weighted by Crippen LogP contribution is -1.77. The van der Waals surface area contributed by atoms with Crippen LogP contribution in [0.1, 0.15) is 18.9 Å². The zero-order valence-electron chi connectivity index (χ0n) is 6.85. The van der Waals surface area contributed by atoms with E-state index in [1.165, 1.54) is 12.1 Å². The number of rotatable bonds is 2. The van der Waals surface area contributed by atoms with Crippen molar-refractivity contribution in [3.8, 4) is 0 Å². The molecule has 0 aliphatic heterocycles. The Labute approximate surface area is 76.7 Å². The average molecular weight is 185 g/mol. The van der Waals surface area contributed by atoms with Gasteiger partial charge in [-0.1, -0.05) is 30.7 Å². The molecular formula is C10H10ClF. The molecular weight excluding hydrogens is 175 g/mol. The minimum Gasteiger partial charge on any atom is -0.207 e. The summed E-state index contributed by atoms with van der Waals surface area (Å²) in [6, 6.07) is 4.49. The SMILES string of the molecule is CC/C=C/c1cc(F)cc(Cl)c1. The van der Waals surface area contributed by atoms with Gasteiger partial charge in [-0.15, -0.1) is 0 Å². The molecule has 0 aliphatic carbocycles. The van der Waals surface area contributed by atoms with E-state index in [1.54, 1.807) is 6.07 Å². The first-order chi connectivity index (χ1) is 5.72. The summed E-state index contributed by atoms with van der Waals surface area (Å²) in [6.07, 6.45) is 4.76. The van der Waals surface area contributed by atoms with Crippen LogP contribution in [0, 0.1) is 5.82 Å². The molecule has 0 atom stereocenters. The molecule has 0 fully saturated rings. The normalized spacial score (nSPS) is 10.9. The van der Waals surface area contributed by atoms with Crippen molar-refractivity contribution in [3.63, 3.8) is 0 Å². The molecule has 0 N–H and O–H groups in total. The van der Waals surface area contributed by atoms with Crippen LogP contribution in [-0.4, -0.2) is 0 Å². The van der Waals surface area contributed by atoms with Crippen LogP contribution in [0.25, 0.3) is 6.08 Å². The van der Waals surface area contributed by atoms with Gasteiger partial charge in [-0.05, 0) is 30.2 Å². The molecule has 0 nitrogen and oxygen atoms in total. The van der Waals surface area contributed by atoms with Gasteiger partial charge in [0.1, 0.15) is 5.82 Å². The Kier molecular flexibility index (Phi) is 3.30. The quantitative estimate of drug-likeness (QED) is 0.654. The minimum atomic E-state index is -0.293. The van der Waals surface area contributed by atoms with Crippen LogP contribution >= 0.6 is 11.6 Å². The van der Waals surface area contributed by atoms with E-state index in [1.807, 2.05) is 19.1 Å². The molecule has 12 heavy (non-hydrogen) atoms. The highest BCUT2D eigenvalue weighted by molar-refractivity contribution is 6.30. The standard InChI is InChI=1S/C10H10ClF/c1-2-3-4-8-5-9(11)7-10(12)6-8/h3-7H,2H2,1H3/b4-3+. The molecule has 0 heterocycles. The van der Waals surface area contributed by atoms with Crippen molar-refractivity contribution in [1.82, 2.24) is 0 Å². The van der Waals surface area contributed by atoms with E-state index in [0.29, 0.717) is 5.02 Å². The summed E-state index contributed by atoms with van der Waals surface area (Å²) in [4.78, 5) is 0. The van der Waals surface area contributed by atoms with Gasteiger partial charge in [0, 0.05) is 5.02 Å². The summed E-state index contributed by atoms with van der Waals surface area (Å²) >= 11 is 5.66. The van der Waals surface area contributed by atoms with Crippen molar-refractivity contribution >= 4 is 17.7 Å². The third-order valence-electron chi connectivity index (χ3n) is 1.43. The molecule has 0 saturated carbocycles. The number of allylic oxidation sites excluding steroid dienone is 1. The van der Waals surface area contributed by atoms with Gasteiger partial charge >= 0.3 is 0 Å². The van der Waals surface area contributed by atoms with Crippen molar-refractivity contribution in [3.05, 3.63) is 40.7 Å². The minimum absolute atomic E-state index is 0.293. The Morgan fingerprint density at radius 2 is 2.17 bits per heavy atom. The van der Waals surface area contributed by atoms with Gasteiger partial charge in [0.2, 0.25) is 0 Å². The van der Waals surface area contributed by atoms with Crippen molar-refractivity contribution in [2.24, 2.45) is 0 Å². The van der Waals surface area contributed by atoms with Gasteiger partial charge in [-0.3, -0.25) is 0 Å². The van der Waals surface area contributed by atoms with Gasteiger partial charge in [0.05, 0.1) is 0 Å². The summed E-state index contributed by atoms with van der Waals surface area (Å²) in [5.74, 6) is -0.293. The van der Waals surface area contributed by atoms with E-state index in [9.17, 15) is 4.39 Å². The topological polar surface area (TPSA) is 0 Å². The highest BCUT2D eigenvalue weighted by Crippen LogP contribution is 2.15. The molecule has 1 aromatic rings. The molecule has 0 aromatic heterocycles. The van der Waals surface area contributed by atoms with Gasteiger partial charge in [0.25, 0.3) is 0 Å². The zero-order valence-corrected chi connectivity index (χ0v) is 7.61. The summed E-state index contributed by atoms with van der Waals surface area (Å²) in [6.45, 7) is 2.03. The van der Waals surface area contributed by atoms with Crippen LogP contribution in [0.15, 0.2) is 24.3 Å². The Bertz CT molecular complexity index is 272. The van der Waals surface area contributed by atoms with Crippen molar-refractivity contribution in [2.75, 3.05) is 0 Å². The van der Waals surface area contributed by atoms with E-state index in [2.05, 4.69) is 0 Å².